The summed E-state index contributed by atoms with van der Waals surface area (Å²) in [6, 6.07) is 11.0. The van der Waals surface area contributed by atoms with Crippen LogP contribution in [0.5, 0.6) is 0 Å². The first-order valence-corrected chi connectivity index (χ1v) is 9.90. The van der Waals surface area contributed by atoms with Gasteiger partial charge in [0.05, 0.1) is 30.0 Å². The van der Waals surface area contributed by atoms with Gasteiger partial charge in [0, 0.05) is 9.79 Å². The van der Waals surface area contributed by atoms with Crippen LogP contribution >= 0.6 is 11.8 Å². The molecule has 1 fully saturated rings. The maximum absolute atomic E-state index is 13.2. The average Bonchev–Trinajstić information content (AvgIpc) is 2.65. The molecule has 0 aliphatic carbocycles. The van der Waals surface area contributed by atoms with Crippen LogP contribution in [0.25, 0.3) is 0 Å². The van der Waals surface area contributed by atoms with Crippen LogP contribution < -0.4 is 9.80 Å². The molecule has 2 heterocycles. The van der Waals surface area contributed by atoms with Gasteiger partial charge in [0.25, 0.3) is 5.91 Å². The Hall–Kier alpha value is -1.99. The van der Waals surface area contributed by atoms with E-state index in [2.05, 4.69) is 0 Å². The van der Waals surface area contributed by atoms with Crippen molar-refractivity contribution in [1.29, 1.82) is 0 Å². The lowest BCUT2D eigenvalue weighted by Gasteiger charge is -2.33. The number of nitrogens with zero attached hydrogens (tertiary/aromatic N) is 1. The summed E-state index contributed by atoms with van der Waals surface area (Å²) in [5.74, 6) is -0.153. The third kappa shape index (κ3) is 3.71. The van der Waals surface area contributed by atoms with E-state index in [0.717, 1.165) is 43.0 Å². The van der Waals surface area contributed by atoms with Gasteiger partial charge in [0.1, 0.15) is 0 Å². The molecule has 7 heteroatoms. The smallest absolute Gasteiger partial charge is 0.327 e. The SMILES string of the molecule is O=C(C[NH+]1CCCCC1)N1c2ccccc2Sc2ccc(C(F)(F)F)cc21. The molecule has 1 saturated heterocycles. The van der Waals surface area contributed by atoms with E-state index in [1.54, 1.807) is 6.07 Å². The molecule has 1 N–H and O–H groups in total. The van der Waals surface area contributed by atoms with Crippen LogP contribution in [0.2, 0.25) is 0 Å². The van der Waals surface area contributed by atoms with Crippen molar-refractivity contribution in [2.24, 2.45) is 0 Å². The van der Waals surface area contributed by atoms with E-state index in [1.807, 2.05) is 18.2 Å². The highest BCUT2D eigenvalue weighted by Gasteiger charge is 2.35. The lowest BCUT2D eigenvalue weighted by molar-refractivity contribution is -0.896. The highest BCUT2D eigenvalue weighted by atomic mass is 32.2. The van der Waals surface area contributed by atoms with E-state index in [4.69, 9.17) is 0 Å². The molecule has 2 aliphatic rings. The summed E-state index contributed by atoms with van der Waals surface area (Å²) < 4.78 is 39.7. The second kappa shape index (κ2) is 7.20. The summed E-state index contributed by atoms with van der Waals surface area (Å²) in [5, 5.41) is 0. The highest BCUT2D eigenvalue weighted by molar-refractivity contribution is 7.99. The number of alkyl halides is 3. The zero-order chi connectivity index (χ0) is 19.0. The summed E-state index contributed by atoms with van der Waals surface area (Å²) >= 11 is 1.40. The molecule has 1 amide bonds. The Morgan fingerprint density at radius 2 is 1.70 bits per heavy atom. The topological polar surface area (TPSA) is 24.8 Å². The number of piperidine rings is 1. The number of hydrogen-bond donors (Lipinski definition) is 1. The molecule has 142 valence electrons. The molecule has 0 aromatic heterocycles. The maximum Gasteiger partial charge on any atom is 0.416 e. The van der Waals surface area contributed by atoms with Gasteiger partial charge in [-0.05, 0) is 49.6 Å². The number of likely N-dealkylation sites (tertiary alicyclic amines) is 1. The molecular weight excluding hydrogens is 373 g/mol. The quantitative estimate of drug-likeness (QED) is 0.837. The van der Waals surface area contributed by atoms with Gasteiger partial charge in [0.2, 0.25) is 0 Å². The molecule has 0 radical (unpaired) electrons. The number of fused-ring (bicyclic) bond motifs is 2. The molecule has 0 bridgehead atoms. The summed E-state index contributed by atoms with van der Waals surface area (Å²) in [4.78, 5) is 17.4. The van der Waals surface area contributed by atoms with E-state index < -0.39 is 11.7 Å². The lowest BCUT2D eigenvalue weighted by atomic mass is 10.1. The Labute approximate surface area is 160 Å². The van der Waals surface area contributed by atoms with Crippen LogP contribution in [0.3, 0.4) is 0 Å². The van der Waals surface area contributed by atoms with Gasteiger partial charge in [-0.2, -0.15) is 13.2 Å². The van der Waals surface area contributed by atoms with Gasteiger partial charge >= 0.3 is 6.18 Å². The largest absolute Gasteiger partial charge is 0.416 e. The van der Waals surface area contributed by atoms with Crippen molar-refractivity contribution >= 4 is 29.0 Å². The Kier molecular flexibility index (Phi) is 4.90. The van der Waals surface area contributed by atoms with E-state index in [1.165, 1.54) is 34.0 Å². The van der Waals surface area contributed by atoms with Crippen LogP contribution in [0.4, 0.5) is 24.5 Å². The Morgan fingerprint density at radius 1 is 1.00 bits per heavy atom. The molecule has 0 unspecified atom stereocenters. The van der Waals surface area contributed by atoms with Gasteiger partial charge in [-0.1, -0.05) is 23.9 Å². The minimum atomic E-state index is -4.44. The van der Waals surface area contributed by atoms with Crippen molar-refractivity contribution in [1.82, 2.24) is 0 Å². The van der Waals surface area contributed by atoms with Crippen molar-refractivity contribution in [2.45, 2.75) is 35.2 Å². The number of rotatable bonds is 2. The predicted octanol–water partition coefficient (Wildman–Crippen LogP) is 3.90. The molecule has 3 nitrogen and oxygen atoms in total. The standard InChI is InChI=1S/C20H19F3N2OS/c21-20(22,23)14-8-9-18-16(12-14)25(15-6-2-3-7-17(15)27-18)19(26)13-24-10-4-1-5-11-24/h2-3,6-9,12H,1,4-5,10-11,13H2/p+1. The first-order valence-electron chi connectivity index (χ1n) is 9.08. The molecule has 2 aromatic rings. The van der Waals surface area contributed by atoms with Crippen LogP contribution in [-0.2, 0) is 11.0 Å². The van der Waals surface area contributed by atoms with Gasteiger partial charge in [-0.15, -0.1) is 0 Å². The molecule has 2 aromatic carbocycles. The summed E-state index contributed by atoms with van der Waals surface area (Å²) in [6.07, 6.45) is -1.09. The van der Waals surface area contributed by atoms with Gasteiger partial charge in [0.15, 0.2) is 6.54 Å². The van der Waals surface area contributed by atoms with Crippen molar-refractivity contribution in [3.63, 3.8) is 0 Å². The molecular formula is C20H20F3N2OS+. The summed E-state index contributed by atoms with van der Waals surface area (Å²) in [7, 11) is 0. The van der Waals surface area contributed by atoms with E-state index >= 15 is 0 Å². The molecule has 0 atom stereocenters. The summed E-state index contributed by atoms with van der Waals surface area (Å²) in [5.41, 5.74) is 0.259. The number of anilines is 2. The molecule has 4 rings (SSSR count). The minimum Gasteiger partial charge on any atom is -0.327 e. The number of carbonyl (C=O) groups excluding carboxylic acids is 1. The number of carbonyl (C=O) groups is 1. The Morgan fingerprint density at radius 3 is 2.44 bits per heavy atom. The fourth-order valence-electron chi connectivity index (χ4n) is 3.72. The van der Waals surface area contributed by atoms with Crippen LogP contribution in [-0.4, -0.2) is 25.5 Å². The van der Waals surface area contributed by atoms with Gasteiger partial charge in [-0.25, -0.2) is 0 Å². The Balaban J connectivity index is 1.73. The zero-order valence-electron chi connectivity index (χ0n) is 14.7. The van der Waals surface area contributed by atoms with Crippen molar-refractivity contribution in [3.8, 4) is 0 Å². The lowest BCUT2D eigenvalue weighted by Crippen LogP contribution is -3.13. The monoisotopic (exact) mass is 393 g/mol. The normalized spacial score (nSPS) is 17.4. The Bertz CT molecular complexity index is 863. The maximum atomic E-state index is 13.2. The first-order chi connectivity index (χ1) is 12.9. The number of nitrogens with one attached hydrogen (secondary N) is 1. The van der Waals surface area contributed by atoms with Crippen molar-refractivity contribution in [3.05, 3.63) is 48.0 Å². The number of para-hydroxylation sites is 1. The number of halogens is 3. The third-order valence-electron chi connectivity index (χ3n) is 5.06. The van der Waals surface area contributed by atoms with Crippen LogP contribution in [0, 0.1) is 0 Å². The first kappa shape index (κ1) is 18.4. The van der Waals surface area contributed by atoms with Crippen molar-refractivity contribution in [2.75, 3.05) is 24.5 Å². The number of benzene rings is 2. The van der Waals surface area contributed by atoms with E-state index in [-0.39, 0.29) is 5.91 Å². The van der Waals surface area contributed by atoms with Crippen LogP contribution in [0.15, 0.2) is 52.3 Å². The van der Waals surface area contributed by atoms with E-state index in [0.29, 0.717) is 22.8 Å². The fourth-order valence-corrected chi connectivity index (χ4v) is 4.76. The minimum absolute atomic E-state index is 0.153. The zero-order valence-corrected chi connectivity index (χ0v) is 15.5. The average molecular weight is 393 g/mol. The number of quaternary nitrogens is 1. The number of amides is 1. The third-order valence-corrected chi connectivity index (χ3v) is 6.19. The van der Waals surface area contributed by atoms with E-state index in [9.17, 15) is 18.0 Å². The molecule has 0 saturated carbocycles. The second-order valence-electron chi connectivity index (χ2n) is 6.97. The molecule has 27 heavy (non-hydrogen) atoms. The van der Waals surface area contributed by atoms with Crippen LogP contribution in [0.1, 0.15) is 24.8 Å². The molecule has 0 spiro atoms. The number of hydrogen-bond acceptors (Lipinski definition) is 2. The fraction of sp³-hybridized carbons (Fsp3) is 0.350. The van der Waals surface area contributed by atoms with Gasteiger partial charge < -0.3 is 4.90 Å². The second-order valence-corrected chi connectivity index (χ2v) is 8.05. The highest BCUT2D eigenvalue weighted by Crippen LogP contribution is 2.49. The predicted molar refractivity (Wildman–Crippen MR) is 98.6 cm³/mol. The van der Waals surface area contributed by atoms with Gasteiger partial charge in [-0.3, -0.25) is 9.69 Å². The molecule has 2 aliphatic heterocycles. The van der Waals surface area contributed by atoms with Crippen molar-refractivity contribution < 1.29 is 22.9 Å². The summed E-state index contributed by atoms with van der Waals surface area (Å²) in [6.45, 7) is 2.17.